The van der Waals surface area contributed by atoms with Gasteiger partial charge in [-0.15, -0.1) is 0 Å². The second-order valence-electron chi connectivity index (χ2n) is 5.41. The van der Waals surface area contributed by atoms with Crippen LogP contribution < -0.4 is 10.6 Å². The van der Waals surface area contributed by atoms with Gasteiger partial charge in [0.25, 0.3) is 5.91 Å². The number of carbonyl (C=O) groups excluding carboxylic acids is 1. The lowest BCUT2D eigenvalue weighted by Gasteiger charge is -2.11. The van der Waals surface area contributed by atoms with Crippen LogP contribution in [0.1, 0.15) is 16.9 Å². The van der Waals surface area contributed by atoms with Gasteiger partial charge in [-0.2, -0.15) is 0 Å². The molecule has 3 aromatic rings. The van der Waals surface area contributed by atoms with E-state index in [1.54, 1.807) is 24.7 Å². The van der Waals surface area contributed by atoms with Crippen molar-refractivity contribution in [2.24, 2.45) is 0 Å². The van der Waals surface area contributed by atoms with Gasteiger partial charge < -0.3 is 10.6 Å². The summed E-state index contributed by atoms with van der Waals surface area (Å²) in [4.78, 5) is 25.1. The maximum Gasteiger partial charge on any atom is 0.269 e. The number of nitrogens with zero attached hydrogens (tertiary/aromatic N) is 4. The third kappa shape index (κ3) is 4.40. The van der Waals surface area contributed by atoms with Crippen molar-refractivity contribution in [2.45, 2.75) is 11.6 Å². The first kappa shape index (κ1) is 17.9. The number of aromatic nitrogens is 4. The molecule has 2 N–H and O–H groups in total. The third-order valence-corrected chi connectivity index (χ3v) is 4.30. The van der Waals surface area contributed by atoms with Crippen molar-refractivity contribution < 1.29 is 4.79 Å². The van der Waals surface area contributed by atoms with E-state index in [-0.39, 0.29) is 5.91 Å². The summed E-state index contributed by atoms with van der Waals surface area (Å²) >= 11 is 1.51. The number of rotatable bonds is 8. The molecule has 0 aliphatic heterocycles. The number of nitrogens with one attached hydrogen (secondary N) is 2. The fourth-order valence-electron chi connectivity index (χ4n) is 2.44. The minimum atomic E-state index is -0.141. The van der Waals surface area contributed by atoms with Crippen LogP contribution in [0.15, 0.2) is 60.1 Å². The van der Waals surface area contributed by atoms with E-state index in [0.29, 0.717) is 24.7 Å². The summed E-state index contributed by atoms with van der Waals surface area (Å²) in [5.74, 6) is 0.447. The zero-order valence-electron chi connectivity index (χ0n) is 14.4. The lowest BCUT2D eigenvalue weighted by Crippen LogP contribution is -2.27. The number of carbonyl (C=O) groups is 1. The minimum absolute atomic E-state index is 0.141. The van der Waals surface area contributed by atoms with Gasteiger partial charge in [0, 0.05) is 31.2 Å². The number of hydrogen-bond acceptors (Lipinski definition) is 6. The van der Waals surface area contributed by atoms with Gasteiger partial charge in [0.05, 0.1) is 6.20 Å². The topological polar surface area (TPSA) is 84.7 Å². The van der Waals surface area contributed by atoms with Gasteiger partial charge in [0.1, 0.15) is 5.69 Å². The fraction of sp³-hybridized carbons (Fsp3) is 0.222. The Morgan fingerprint density at radius 2 is 1.85 bits per heavy atom. The Balaban J connectivity index is 1.57. The monoisotopic (exact) mass is 368 g/mol. The van der Waals surface area contributed by atoms with Gasteiger partial charge in [-0.1, -0.05) is 30.0 Å². The summed E-state index contributed by atoms with van der Waals surface area (Å²) in [6, 6.07) is 11.5. The number of hydrogen-bond donors (Lipinski definition) is 2. The zero-order valence-corrected chi connectivity index (χ0v) is 15.2. The van der Waals surface area contributed by atoms with Crippen molar-refractivity contribution in [1.29, 1.82) is 0 Å². The van der Waals surface area contributed by atoms with E-state index in [9.17, 15) is 4.79 Å². The molecule has 7 nitrogen and oxygen atoms in total. The Kier molecular flexibility index (Phi) is 6.21. The molecule has 0 fully saturated rings. The van der Waals surface area contributed by atoms with Crippen LogP contribution >= 0.6 is 11.8 Å². The lowest BCUT2D eigenvalue weighted by molar-refractivity contribution is 0.0946. The maximum atomic E-state index is 12.6. The predicted molar refractivity (Wildman–Crippen MR) is 103 cm³/mol. The molecule has 8 heteroatoms. The van der Waals surface area contributed by atoms with Gasteiger partial charge in [-0.3, -0.25) is 9.36 Å². The fourth-order valence-corrected chi connectivity index (χ4v) is 2.98. The highest BCUT2D eigenvalue weighted by Crippen LogP contribution is 2.21. The first-order chi connectivity index (χ1) is 12.8. The molecule has 1 amide bonds. The van der Waals surface area contributed by atoms with Crippen LogP contribution in [-0.4, -0.2) is 44.8 Å². The average Bonchev–Trinajstić information content (AvgIpc) is 3.13. The van der Waals surface area contributed by atoms with Crippen molar-refractivity contribution in [3.05, 3.63) is 60.7 Å². The van der Waals surface area contributed by atoms with E-state index in [4.69, 9.17) is 0 Å². The van der Waals surface area contributed by atoms with Crippen LogP contribution in [0.3, 0.4) is 0 Å². The highest BCUT2D eigenvalue weighted by Gasteiger charge is 2.17. The second kappa shape index (κ2) is 9.00. The summed E-state index contributed by atoms with van der Waals surface area (Å²) in [6.07, 6.45) is 7.69. The molecule has 26 heavy (non-hydrogen) atoms. The lowest BCUT2D eigenvalue weighted by atomic mass is 10.3. The van der Waals surface area contributed by atoms with Crippen molar-refractivity contribution in [3.63, 3.8) is 0 Å². The minimum Gasteiger partial charge on any atom is -0.354 e. The molecule has 0 aliphatic rings. The molecule has 1 aromatic carbocycles. The summed E-state index contributed by atoms with van der Waals surface area (Å²) < 4.78 is 1.87. The van der Waals surface area contributed by atoms with Gasteiger partial charge in [-0.25, -0.2) is 15.0 Å². The van der Waals surface area contributed by atoms with Crippen molar-refractivity contribution in [2.75, 3.05) is 24.7 Å². The predicted octanol–water partition coefficient (Wildman–Crippen LogP) is 2.62. The first-order valence-corrected chi connectivity index (χ1v) is 9.48. The van der Waals surface area contributed by atoms with Gasteiger partial charge in [0.15, 0.2) is 5.16 Å². The Hall–Kier alpha value is -2.87. The van der Waals surface area contributed by atoms with Gasteiger partial charge in [-0.05, 0) is 30.9 Å². The third-order valence-electron chi connectivity index (χ3n) is 3.65. The Labute approximate surface area is 156 Å². The normalized spacial score (nSPS) is 10.5. The highest BCUT2D eigenvalue weighted by molar-refractivity contribution is 7.98. The number of amides is 1. The largest absolute Gasteiger partial charge is 0.354 e. The molecule has 0 unspecified atom stereocenters. The molecule has 0 saturated carbocycles. The number of benzene rings is 1. The summed E-state index contributed by atoms with van der Waals surface area (Å²) in [5.41, 5.74) is 1.45. The van der Waals surface area contributed by atoms with Crippen LogP contribution in [0, 0.1) is 0 Å². The number of imidazole rings is 1. The molecule has 0 atom stereocenters. The van der Waals surface area contributed by atoms with Crippen LogP contribution in [0.5, 0.6) is 0 Å². The molecule has 0 spiro atoms. The van der Waals surface area contributed by atoms with Crippen molar-refractivity contribution in [3.8, 4) is 5.69 Å². The Morgan fingerprint density at radius 3 is 2.58 bits per heavy atom. The molecule has 3 rings (SSSR count). The smallest absolute Gasteiger partial charge is 0.269 e. The van der Waals surface area contributed by atoms with E-state index in [0.717, 1.165) is 17.3 Å². The summed E-state index contributed by atoms with van der Waals surface area (Å²) in [7, 11) is 0. The average molecular weight is 368 g/mol. The van der Waals surface area contributed by atoms with E-state index in [1.165, 1.54) is 11.8 Å². The second-order valence-corrected chi connectivity index (χ2v) is 6.18. The number of para-hydroxylation sites is 1. The SMILES string of the molecule is CSc1ncc(C(=O)NCCCNc2ncccn2)n1-c1ccccc1. The number of anilines is 1. The van der Waals surface area contributed by atoms with Gasteiger partial charge >= 0.3 is 0 Å². The summed E-state index contributed by atoms with van der Waals surface area (Å²) in [6.45, 7) is 1.23. The quantitative estimate of drug-likeness (QED) is 0.470. The van der Waals surface area contributed by atoms with E-state index < -0.39 is 0 Å². The molecule has 134 valence electrons. The highest BCUT2D eigenvalue weighted by atomic mass is 32.2. The zero-order chi connectivity index (χ0) is 18.2. The van der Waals surface area contributed by atoms with Crippen LogP contribution in [0.2, 0.25) is 0 Å². The molecule has 0 saturated heterocycles. The molecular weight excluding hydrogens is 348 g/mol. The van der Waals surface area contributed by atoms with Crippen LogP contribution in [-0.2, 0) is 0 Å². The molecule has 0 bridgehead atoms. The molecular formula is C18H20N6OS. The van der Waals surface area contributed by atoms with E-state index in [2.05, 4.69) is 25.6 Å². The number of thioether (sulfide) groups is 1. The first-order valence-electron chi connectivity index (χ1n) is 8.26. The summed E-state index contributed by atoms with van der Waals surface area (Å²) in [5, 5.41) is 6.84. The standard InChI is InChI=1S/C18H20N6OS/c1-26-18-23-13-15(24(18)14-7-3-2-4-8-14)16(25)19-9-5-10-20-17-21-11-6-12-22-17/h2-4,6-8,11-13H,5,9-10H2,1H3,(H,19,25)(H,20,21,22). The molecule has 0 radical (unpaired) electrons. The maximum absolute atomic E-state index is 12.6. The van der Waals surface area contributed by atoms with E-state index >= 15 is 0 Å². The van der Waals surface area contributed by atoms with Crippen LogP contribution in [0.25, 0.3) is 5.69 Å². The molecule has 2 heterocycles. The molecule has 2 aromatic heterocycles. The van der Waals surface area contributed by atoms with Gasteiger partial charge in [0.2, 0.25) is 5.95 Å². The van der Waals surface area contributed by atoms with Crippen LogP contribution in [0.4, 0.5) is 5.95 Å². The Morgan fingerprint density at radius 1 is 1.08 bits per heavy atom. The van der Waals surface area contributed by atoms with Crippen molar-refractivity contribution in [1.82, 2.24) is 24.8 Å². The molecule has 0 aliphatic carbocycles. The Bertz CT molecular complexity index is 837. The van der Waals surface area contributed by atoms with Crippen molar-refractivity contribution >= 4 is 23.6 Å². The van der Waals surface area contributed by atoms with E-state index in [1.807, 2.05) is 41.2 Å².